The molecule has 2 bridgehead atoms. The van der Waals surface area contributed by atoms with Crippen molar-refractivity contribution in [3.8, 4) is 0 Å². The van der Waals surface area contributed by atoms with E-state index in [0.29, 0.717) is 49.5 Å². The molecule has 0 aliphatic carbocycles. The molecule has 2 aliphatic rings. The van der Waals surface area contributed by atoms with Crippen molar-refractivity contribution in [2.24, 2.45) is 27.6 Å². The van der Waals surface area contributed by atoms with Gasteiger partial charge in [-0.05, 0) is 49.1 Å². The largest absolute Gasteiger partial charge is 0.370 e. The molecule has 1 aromatic rings. The number of hydrogen-bond donors (Lipinski definition) is 7. The number of nitrogens with one attached hydrogen (secondary N) is 4. The summed E-state index contributed by atoms with van der Waals surface area (Å²) in [5.41, 5.74) is 17.9. The lowest BCUT2D eigenvalue weighted by Gasteiger charge is -2.31. The Kier molecular flexibility index (Phi) is 15.9. The average Bonchev–Trinajstić information content (AvgIpc) is 3.56. The molecule has 2 aliphatic heterocycles. The second-order valence-electron chi connectivity index (χ2n) is 13.9. The number of primary amides is 1. The summed E-state index contributed by atoms with van der Waals surface area (Å²) >= 11 is 3.07. The summed E-state index contributed by atoms with van der Waals surface area (Å²) in [6, 6.07) is 3.09. The third kappa shape index (κ3) is 13.3. The standard InChI is InChI=1S/C34H53N9O6S2/c1-20-29(46)41-24(31(48)40-23(10-6-13-38-33(36)37)30(47)42-27(28(35)45)34(2,3)4)19-51-18-22-9-5-8-21(16-22)17-50-15-12-26(44)43-14-7-11-25(43)32(49)39-20/h5,8-9,16,20,23-25,27H,6-7,10-15,17-19H2,1-4H3,(H2,35,45)(H,39,49)(H,40,48)(H,41,46)(H,42,47)(H4,36,37,38)/t20?,23-,24-,25-,27+/m0/s1. The molecule has 282 valence electrons. The number of hydrogen-bond acceptors (Lipinski definition) is 9. The summed E-state index contributed by atoms with van der Waals surface area (Å²) in [5, 5.41) is 10.9. The van der Waals surface area contributed by atoms with Crippen LogP contribution in [0.2, 0.25) is 0 Å². The third-order valence-corrected chi connectivity index (χ3v) is 10.7. The molecule has 2 heterocycles. The fourth-order valence-corrected chi connectivity index (χ4v) is 7.67. The predicted molar refractivity (Wildman–Crippen MR) is 200 cm³/mol. The Bertz CT molecular complexity index is 1450. The van der Waals surface area contributed by atoms with Crippen LogP contribution in [0.3, 0.4) is 0 Å². The second kappa shape index (κ2) is 19.6. The molecule has 17 heteroatoms. The molecule has 0 saturated carbocycles. The van der Waals surface area contributed by atoms with Crippen LogP contribution in [0.15, 0.2) is 29.3 Å². The summed E-state index contributed by atoms with van der Waals surface area (Å²) in [6.07, 6.45) is 1.92. The van der Waals surface area contributed by atoms with Crippen LogP contribution >= 0.6 is 23.5 Å². The number of rotatable bonds is 9. The van der Waals surface area contributed by atoms with Crippen LogP contribution in [0.5, 0.6) is 0 Å². The van der Waals surface area contributed by atoms with E-state index < -0.39 is 65.2 Å². The maximum Gasteiger partial charge on any atom is 0.244 e. The van der Waals surface area contributed by atoms with Gasteiger partial charge in [0.25, 0.3) is 0 Å². The highest BCUT2D eigenvalue weighted by Gasteiger charge is 2.37. The number of thioether (sulfide) groups is 2. The number of nitrogens with two attached hydrogens (primary N) is 3. The molecular formula is C34H53N9O6S2. The molecule has 1 fully saturated rings. The van der Waals surface area contributed by atoms with E-state index in [1.807, 2.05) is 18.2 Å². The van der Waals surface area contributed by atoms with Crippen LogP contribution in [0.25, 0.3) is 0 Å². The van der Waals surface area contributed by atoms with E-state index in [4.69, 9.17) is 17.2 Å². The molecule has 1 unspecified atom stereocenters. The van der Waals surface area contributed by atoms with Gasteiger partial charge < -0.3 is 43.4 Å². The summed E-state index contributed by atoms with van der Waals surface area (Å²) in [4.78, 5) is 85.0. The van der Waals surface area contributed by atoms with Crippen molar-refractivity contribution in [3.05, 3.63) is 35.4 Å². The van der Waals surface area contributed by atoms with Crippen molar-refractivity contribution in [2.75, 3.05) is 24.6 Å². The molecule has 10 N–H and O–H groups in total. The average molecular weight is 748 g/mol. The Labute approximate surface area is 308 Å². The molecule has 1 saturated heterocycles. The first kappa shape index (κ1) is 41.4. The minimum absolute atomic E-state index is 0.0985. The summed E-state index contributed by atoms with van der Waals surface area (Å²) in [6.45, 7) is 7.43. The summed E-state index contributed by atoms with van der Waals surface area (Å²) in [5.74, 6) is -1.23. The number of aliphatic imine (C=N–C) groups is 1. The smallest absolute Gasteiger partial charge is 0.244 e. The van der Waals surface area contributed by atoms with Gasteiger partial charge in [0, 0.05) is 42.5 Å². The number of amides is 6. The zero-order valence-corrected chi connectivity index (χ0v) is 31.5. The van der Waals surface area contributed by atoms with E-state index in [-0.39, 0.29) is 30.6 Å². The van der Waals surface area contributed by atoms with Gasteiger partial charge in [-0.25, -0.2) is 0 Å². The molecule has 15 nitrogen and oxygen atoms in total. The van der Waals surface area contributed by atoms with Gasteiger partial charge in [0.2, 0.25) is 35.4 Å². The monoisotopic (exact) mass is 747 g/mol. The van der Waals surface area contributed by atoms with Gasteiger partial charge in [0.05, 0.1) is 0 Å². The predicted octanol–water partition coefficient (Wildman–Crippen LogP) is 0.0918. The molecule has 0 spiro atoms. The minimum atomic E-state index is -1.12. The van der Waals surface area contributed by atoms with E-state index in [0.717, 1.165) is 11.1 Å². The highest BCUT2D eigenvalue weighted by Crippen LogP contribution is 2.23. The van der Waals surface area contributed by atoms with Crippen LogP contribution in [-0.4, -0.2) is 101 Å². The van der Waals surface area contributed by atoms with Gasteiger partial charge in [-0.3, -0.25) is 33.8 Å². The molecule has 5 atom stereocenters. The van der Waals surface area contributed by atoms with Crippen molar-refractivity contribution in [3.63, 3.8) is 0 Å². The minimum Gasteiger partial charge on any atom is -0.370 e. The topological polar surface area (TPSA) is 244 Å². The first-order valence-corrected chi connectivity index (χ1v) is 19.5. The molecule has 1 aromatic carbocycles. The lowest BCUT2D eigenvalue weighted by atomic mass is 9.86. The number of nitrogens with zero attached hydrogens (tertiary/aromatic N) is 2. The Balaban J connectivity index is 1.86. The SMILES string of the molecule is CC1NC(=O)[C@@H]2CCCN2C(=O)CCSCc2cccc(c2)CSC[C@@H](C(=O)N[C@@H](CCCN=C(N)N)C(=O)N[C@H](C(N)=O)C(C)(C)C)NC1=O. The Hall–Kier alpha value is -3.99. The van der Waals surface area contributed by atoms with Crippen molar-refractivity contribution >= 4 is 64.9 Å². The van der Waals surface area contributed by atoms with Crippen LogP contribution in [0.4, 0.5) is 0 Å². The quantitative estimate of drug-likeness (QED) is 0.102. The lowest BCUT2D eigenvalue weighted by Crippen LogP contribution is -2.60. The zero-order chi connectivity index (χ0) is 37.7. The highest BCUT2D eigenvalue weighted by atomic mass is 32.2. The van der Waals surface area contributed by atoms with Crippen molar-refractivity contribution < 1.29 is 28.8 Å². The first-order chi connectivity index (χ1) is 24.1. The van der Waals surface area contributed by atoms with Gasteiger partial charge >= 0.3 is 0 Å². The van der Waals surface area contributed by atoms with E-state index in [9.17, 15) is 28.8 Å². The number of benzene rings is 1. The fourth-order valence-electron chi connectivity index (χ4n) is 5.79. The van der Waals surface area contributed by atoms with Gasteiger partial charge in [0.15, 0.2) is 5.96 Å². The molecule has 6 amide bonds. The van der Waals surface area contributed by atoms with E-state index >= 15 is 0 Å². The Morgan fingerprint density at radius 3 is 2.35 bits per heavy atom. The van der Waals surface area contributed by atoms with E-state index in [1.165, 1.54) is 18.7 Å². The van der Waals surface area contributed by atoms with Crippen LogP contribution in [0, 0.1) is 5.41 Å². The lowest BCUT2D eigenvalue weighted by molar-refractivity contribution is -0.139. The van der Waals surface area contributed by atoms with Crippen LogP contribution < -0.4 is 38.5 Å². The van der Waals surface area contributed by atoms with Crippen molar-refractivity contribution in [1.29, 1.82) is 0 Å². The molecule has 0 radical (unpaired) electrons. The molecular weight excluding hydrogens is 695 g/mol. The third-order valence-electron chi connectivity index (χ3n) is 8.55. The number of guanidine groups is 1. The Morgan fingerprint density at radius 2 is 1.71 bits per heavy atom. The van der Waals surface area contributed by atoms with Crippen molar-refractivity contribution in [1.82, 2.24) is 26.2 Å². The molecule has 3 rings (SSSR count). The summed E-state index contributed by atoms with van der Waals surface area (Å²) < 4.78 is 0. The van der Waals surface area contributed by atoms with Gasteiger partial charge in [-0.2, -0.15) is 23.5 Å². The van der Waals surface area contributed by atoms with E-state index in [2.05, 4.69) is 32.3 Å². The van der Waals surface area contributed by atoms with Crippen molar-refractivity contribution in [2.45, 2.75) is 102 Å². The number of carbonyl (C=O) groups excluding carboxylic acids is 6. The van der Waals surface area contributed by atoms with Gasteiger partial charge in [-0.15, -0.1) is 0 Å². The molecule has 0 aromatic heterocycles. The van der Waals surface area contributed by atoms with Gasteiger partial charge in [0.1, 0.15) is 30.2 Å². The Morgan fingerprint density at radius 1 is 1.02 bits per heavy atom. The van der Waals surface area contributed by atoms with Crippen LogP contribution in [0.1, 0.15) is 70.9 Å². The zero-order valence-electron chi connectivity index (χ0n) is 29.9. The summed E-state index contributed by atoms with van der Waals surface area (Å²) in [7, 11) is 0. The maximum absolute atomic E-state index is 13.9. The number of fused-ring (bicyclic) bond motifs is 3. The first-order valence-electron chi connectivity index (χ1n) is 17.2. The van der Waals surface area contributed by atoms with Gasteiger partial charge in [-0.1, -0.05) is 45.0 Å². The highest BCUT2D eigenvalue weighted by molar-refractivity contribution is 7.98. The molecule has 51 heavy (non-hydrogen) atoms. The maximum atomic E-state index is 13.9. The second-order valence-corrected chi connectivity index (χ2v) is 16.0. The van der Waals surface area contributed by atoms with E-state index in [1.54, 1.807) is 37.4 Å². The number of carbonyl (C=O) groups is 6. The normalized spacial score (nSPS) is 22.1. The fraction of sp³-hybridized carbons (Fsp3) is 0.618. The van der Waals surface area contributed by atoms with Crippen LogP contribution in [-0.2, 0) is 40.3 Å².